The molecule has 0 saturated heterocycles. The van der Waals surface area contributed by atoms with Crippen LogP contribution in [-0.2, 0) is 11.3 Å². The second-order valence-corrected chi connectivity index (χ2v) is 7.47. The molecule has 0 unspecified atom stereocenters. The largest absolute Gasteiger partial charge is 0.493 e. The smallest absolute Gasteiger partial charge is 0.338 e. The Balaban J connectivity index is 1.54. The third-order valence-electron chi connectivity index (χ3n) is 4.49. The summed E-state index contributed by atoms with van der Waals surface area (Å²) in [5.41, 5.74) is 0.296. The highest BCUT2D eigenvalue weighted by Gasteiger charge is 2.28. The highest BCUT2D eigenvalue weighted by atomic mass is 32.1. The molecule has 152 valence electrons. The molecule has 0 spiro atoms. The summed E-state index contributed by atoms with van der Waals surface area (Å²) in [6, 6.07) is 4.33. The summed E-state index contributed by atoms with van der Waals surface area (Å²) in [6.45, 7) is -0.141. The predicted octanol–water partition coefficient (Wildman–Crippen LogP) is 2.41. The molecule has 0 bridgehead atoms. The van der Waals surface area contributed by atoms with Crippen molar-refractivity contribution in [2.24, 2.45) is 0 Å². The van der Waals surface area contributed by atoms with Crippen LogP contribution in [0.25, 0.3) is 4.96 Å². The van der Waals surface area contributed by atoms with E-state index in [1.165, 1.54) is 55.4 Å². The summed E-state index contributed by atoms with van der Waals surface area (Å²) in [5.74, 6) is 0.891. The van der Waals surface area contributed by atoms with Gasteiger partial charge in [0.15, 0.2) is 11.5 Å². The fourth-order valence-corrected chi connectivity index (χ4v) is 3.95. The fourth-order valence-electron chi connectivity index (χ4n) is 2.86. The predicted molar refractivity (Wildman–Crippen MR) is 104 cm³/mol. The van der Waals surface area contributed by atoms with Crippen LogP contribution in [-0.4, -0.2) is 41.9 Å². The maximum atomic E-state index is 12.5. The van der Waals surface area contributed by atoms with Crippen LogP contribution >= 0.6 is 11.3 Å². The molecule has 4 rings (SSSR count). The molecular formula is C19H19N3O6S. The molecule has 1 saturated carbocycles. The van der Waals surface area contributed by atoms with Crippen molar-refractivity contribution >= 4 is 22.3 Å². The van der Waals surface area contributed by atoms with E-state index < -0.39 is 5.97 Å². The van der Waals surface area contributed by atoms with Crippen LogP contribution in [0.1, 0.15) is 39.8 Å². The van der Waals surface area contributed by atoms with Crippen molar-refractivity contribution in [3.05, 3.63) is 44.8 Å². The standard InChI is InChI=1S/C19H19N3O6S/c1-25-13-6-11(7-14(26-2)16(13)27-3)18(24)28-9-12-8-15(23)22-19(20-12)29-17(21-22)10-4-5-10/h6-8,10H,4-5,9H2,1-3H3. The lowest BCUT2D eigenvalue weighted by molar-refractivity contribution is 0.0467. The van der Waals surface area contributed by atoms with Crippen LogP contribution in [0.2, 0.25) is 0 Å². The van der Waals surface area contributed by atoms with Crippen molar-refractivity contribution in [3.63, 3.8) is 0 Å². The number of hydrogen-bond donors (Lipinski definition) is 0. The minimum atomic E-state index is -0.603. The highest BCUT2D eigenvalue weighted by molar-refractivity contribution is 7.16. The SMILES string of the molecule is COc1cc(C(=O)OCc2cc(=O)n3nc(C4CC4)sc3n2)cc(OC)c1OC. The Hall–Kier alpha value is -3.14. The summed E-state index contributed by atoms with van der Waals surface area (Å²) in [4.78, 5) is 29.7. The molecule has 0 amide bonds. The number of nitrogens with zero attached hydrogens (tertiary/aromatic N) is 3. The Morgan fingerprint density at radius 1 is 1.14 bits per heavy atom. The van der Waals surface area contributed by atoms with Crippen LogP contribution in [0.15, 0.2) is 23.0 Å². The maximum absolute atomic E-state index is 12.5. The molecule has 3 aromatic rings. The van der Waals surface area contributed by atoms with Gasteiger partial charge in [-0.3, -0.25) is 4.79 Å². The molecule has 0 aliphatic heterocycles. The van der Waals surface area contributed by atoms with Gasteiger partial charge in [0.25, 0.3) is 5.56 Å². The van der Waals surface area contributed by atoms with Crippen LogP contribution in [0, 0.1) is 0 Å². The van der Waals surface area contributed by atoms with Gasteiger partial charge in [-0.05, 0) is 25.0 Å². The molecule has 1 aromatic carbocycles. The average molecular weight is 417 g/mol. The van der Waals surface area contributed by atoms with E-state index in [0.29, 0.717) is 33.8 Å². The lowest BCUT2D eigenvalue weighted by atomic mass is 10.2. The maximum Gasteiger partial charge on any atom is 0.338 e. The lowest BCUT2D eigenvalue weighted by Crippen LogP contribution is -2.16. The Morgan fingerprint density at radius 2 is 1.83 bits per heavy atom. The van der Waals surface area contributed by atoms with Crippen LogP contribution < -0.4 is 19.8 Å². The van der Waals surface area contributed by atoms with Gasteiger partial charge in [0, 0.05) is 12.0 Å². The van der Waals surface area contributed by atoms with Gasteiger partial charge in [-0.2, -0.15) is 9.61 Å². The van der Waals surface area contributed by atoms with Gasteiger partial charge in [-0.15, -0.1) is 0 Å². The zero-order valence-corrected chi connectivity index (χ0v) is 16.9. The number of esters is 1. The molecule has 29 heavy (non-hydrogen) atoms. The highest BCUT2D eigenvalue weighted by Crippen LogP contribution is 2.41. The second kappa shape index (κ2) is 7.70. The number of rotatable bonds is 7. The Kier molecular flexibility index (Phi) is 5.10. The number of fused-ring (bicyclic) bond motifs is 1. The summed E-state index contributed by atoms with van der Waals surface area (Å²) >= 11 is 1.39. The molecule has 1 aliphatic rings. The van der Waals surface area contributed by atoms with Gasteiger partial charge < -0.3 is 18.9 Å². The number of carbonyl (C=O) groups excluding carboxylic acids is 1. The van der Waals surface area contributed by atoms with Gasteiger partial charge in [0.2, 0.25) is 10.7 Å². The van der Waals surface area contributed by atoms with Gasteiger partial charge in [0.05, 0.1) is 32.6 Å². The summed E-state index contributed by atoms with van der Waals surface area (Å²) in [5, 5.41) is 5.24. The van der Waals surface area contributed by atoms with E-state index in [-0.39, 0.29) is 17.7 Å². The van der Waals surface area contributed by atoms with E-state index in [2.05, 4.69) is 10.1 Å². The third-order valence-corrected chi connectivity index (χ3v) is 5.56. The Bertz CT molecular complexity index is 1110. The molecule has 0 radical (unpaired) electrons. The molecule has 1 fully saturated rings. The number of benzene rings is 1. The molecule has 0 N–H and O–H groups in total. The minimum absolute atomic E-state index is 0.141. The van der Waals surface area contributed by atoms with Gasteiger partial charge >= 0.3 is 5.97 Å². The molecular weight excluding hydrogens is 398 g/mol. The Labute approximate surface area is 169 Å². The molecule has 2 heterocycles. The number of aromatic nitrogens is 3. The number of hydrogen-bond acceptors (Lipinski definition) is 9. The Morgan fingerprint density at radius 3 is 2.41 bits per heavy atom. The molecule has 1 aliphatic carbocycles. The van der Waals surface area contributed by atoms with E-state index in [0.717, 1.165) is 17.8 Å². The first-order valence-electron chi connectivity index (χ1n) is 8.91. The first-order chi connectivity index (χ1) is 14.0. The van der Waals surface area contributed by atoms with Crippen molar-refractivity contribution in [2.75, 3.05) is 21.3 Å². The van der Waals surface area contributed by atoms with Gasteiger partial charge in [-0.1, -0.05) is 11.3 Å². The minimum Gasteiger partial charge on any atom is -0.493 e. The zero-order chi connectivity index (χ0) is 20.5. The molecule has 2 aromatic heterocycles. The lowest BCUT2D eigenvalue weighted by Gasteiger charge is -2.13. The van der Waals surface area contributed by atoms with E-state index >= 15 is 0 Å². The topological polar surface area (TPSA) is 101 Å². The van der Waals surface area contributed by atoms with E-state index in [1.807, 2.05) is 0 Å². The van der Waals surface area contributed by atoms with Crippen molar-refractivity contribution in [2.45, 2.75) is 25.4 Å². The molecule has 9 nitrogen and oxygen atoms in total. The fraction of sp³-hybridized carbons (Fsp3) is 0.368. The van der Waals surface area contributed by atoms with Crippen molar-refractivity contribution < 1.29 is 23.7 Å². The number of carbonyl (C=O) groups is 1. The summed E-state index contributed by atoms with van der Waals surface area (Å²) in [6.07, 6.45) is 2.18. The van der Waals surface area contributed by atoms with Gasteiger partial charge in [0.1, 0.15) is 11.6 Å². The second-order valence-electron chi connectivity index (χ2n) is 6.48. The van der Waals surface area contributed by atoms with E-state index in [4.69, 9.17) is 18.9 Å². The van der Waals surface area contributed by atoms with E-state index in [1.54, 1.807) is 0 Å². The summed E-state index contributed by atoms with van der Waals surface area (Å²) < 4.78 is 22.4. The monoisotopic (exact) mass is 417 g/mol. The molecule has 0 atom stereocenters. The van der Waals surface area contributed by atoms with E-state index in [9.17, 15) is 9.59 Å². The normalized spacial score (nSPS) is 13.3. The quantitative estimate of drug-likeness (QED) is 0.540. The number of methoxy groups -OCH3 is 3. The molecule has 10 heteroatoms. The first-order valence-corrected chi connectivity index (χ1v) is 9.72. The zero-order valence-electron chi connectivity index (χ0n) is 16.1. The van der Waals surface area contributed by atoms with Crippen LogP contribution in [0.3, 0.4) is 0 Å². The van der Waals surface area contributed by atoms with Crippen LogP contribution in [0.5, 0.6) is 17.2 Å². The summed E-state index contributed by atoms with van der Waals surface area (Å²) in [7, 11) is 4.40. The van der Waals surface area contributed by atoms with Crippen LogP contribution in [0.4, 0.5) is 0 Å². The van der Waals surface area contributed by atoms with Crippen molar-refractivity contribution in [3.8, 4) is 17.2 Å². The average Bonchev–Trinajstić information content (AvgIpc) is 3.49. The van der Waals surface area contributed by atoms with Gasteiger partial charge in [-0.25, -0.2) is 9.78 Å². The first kappa shape index (κ1) is 19.2. The third kappa shape index (κ3) is 3.75. The van der Waals surface area contributed by atoms with Crippen molar-refractivity contribution in [1.29, 1.82) is 0 Å². The van der Waals surface area contributed by atoms with Crippen molar-refractivity contribution in [1.82, 2.24) is 14.6 Å². The number of ether oxygens (including phenoxy) is 4.